The number of esters is 1. The highest BCUT2D eigenvalue weighted by Crippen LogP contribution is 2.65. The van der Waals surface area contributed by atoms with Crippen molar-refractivity contribution in [2.75, 3.05) is 18.5 Å². The number of nitrogens with one attached hydrogen (secondary N) is 1. The van der Waals surface area contributed by atoms with E-state index in [4.69, 9.17) is 9.47 Å². The zero-order chi connectivity index (χ0) is 26.6. The van der Waals surface area contributed by atoms with E-state index < -0.39 is 41.1 Å². The van der Waals surface area contributed by atoms with Gasteiger partial charge in [-0.1, -0.05) is 45.4 Å². The minimum absolute atomic E-state index is 0.0593. The molecule has 8 nitrogen and oxygen atoms in total. The number of ether oxygens (including phenoxy) is 2. The summed E-state index contributed by atoms with van der Waals surface area (Å²) < 4.78 is 12.1. The summed E-state index contributed by atoms with van der Waals surface area (Å²) in [6.45, 7) is 13.3. The van der Waals surface area contributed by atoms with Crippen LogP contribution >= 0.6 is 0 Å². The zero-order valence-corrected chi connectivity index (χ0v) is 22.5. The first-order valence-corrected chi connectivity index (χ1v) is 13.1. The Labute approximate surface area is 213 Å². The standard InChI is InChI=1S/C28H40N2O6/c1-8-15(3)19(14-31)30-23(24(32)29-22-16(4)11-10-12-17(22)5)28-13-18(6)27(7,36-28)21(20(28)25(30)33)26(34)35-9-2/h10-12,15,18-21,23,31H,8-9,13-14H2,1-7H3,(H,29,32)/t15-,18?,19-,20-,21-,23?,27+,28?/m0/s1. The van der Waals surface area contributed by atoms with Crippen molar-refractivity contribution in [3.8, 4) is 0 Å². The summed E-state index contributed by atoms with van der Waals surface area (Å²) in [5.41, 5.74) is 0.434. The van der Waals surface area contributed by atoms with E-state index in [9.17, 15) is 19.5 Å². The molecule has 1 aromatic carbocycles. The largest absolute Gasteiger partial charge is 0.466 e. The summed E-state index contributed by atoms with van der Waals surface area (Å²) in [7, 11) is 0. The quantitative estimate of drug-likeness (QED) is 0.531. The lowest BCUT2D eigenvalue weighted by atomic mass is 9.62. The first-order valence-electron chi connectivity index (χ1n) is 13.1. The molecule has 8 heteroatoms. The Bertz CT molecular complexity index is 1040. The number of aryl methyl sites for hydroxylation is 2. The molecule has 36 heavy (non-hydrogen) atoms. The Balaban J connectivity index is 1.85. The number of fused-ring (bicyclic) bond motifs is 1. The SMILES string of the molecule is CCOC(=O)[C@@H]1[C@H]2C(=O)N([C@@H](CO)[C@@H](C)CC)C(C(=O)Nc3c(C)cccc3C)C23CC(C)[C@@]1(C)O3. The molecule has 0 saturated carbocycles. The van der Waals surface area contributed by atoms with E-state index in [-0.39, 0.29) is 36.9 Å². The third-order valence-corrected chi connectivity index (χ3v) is 9.12. The van der Waals surface area contributed by atoms with Gasteiger partial charge in [-0.25, -0.2) is 0 Å². The molecule has 8 atom stereocenters. The molecule has 3 fully saturated rings. The number of aliphatic hydroxyl groups is 1. The van der Waals surface area contributed by atoms with E-state index in [0.29, 0.717) is 18.5 Å². The van der Waals surface area contributed by atoms with E-state index in [1.165, 1.54) is 4.90 Å². The van der Waals surface area contributed by atoms with Crippen LogP contribution in [0.3, 0.4) is 0 Å². The molecule has 3 heterocycles. The predicted octanol–water partition coefficient (Wildman–Crippen LogP) is 3.22. The third-order valence-electron chi connectivity index (χ3n) is 9.12. The van der Waals surface area contributed by atoms with Gasteiger partial charge < -0.3 is 24.8 Å². The van der Waals surface area contributed by atoms with Crippen molar-refractivity contribution in [1.82, 2.24) is 4.90 Å². The highest BCUT2D eigenvalue weighted by atomic mass is 16.6. The van der Waals surface area contributed by atoms with Crippen molar-refractivity contribution in [2.45, 2.75) is 84.6 Å². The van der Waals surface area contributed by atoms with Crippen molar-refractivity contribution >= 4 is 23.5 Å². The highest BCUT2D eigenvalue weighted by molar-refractivity contribution is 6.04. The maximum Gasteiger partial charge on any atom is 0.312 e. The van der Waals surface area contributed by atoms with Crippen LogP contribution in [0.2, 0.25) is 0 Å². The lowest BCUT2D eigenvalue weighted by molar-refractivity contribution is -0.162. The molecule has 3 unspecified atom stereocenters. The van der Waals surface area contributed by atoms with E-state index in [1.54, 1.807) is 6.92 Å². The predicted molar refractivity (Wildman–Crippen MR) is 135 cm³/mol. The van der Waals surface area contributed by atoms with Gasteiger partial charge in [-0.2, -0.15) is 0 Å². The van der Waals surface area contributed by atoms with Crippen molar-refractivity contribution < 1.29 is 29.0 Å². The van der Waals surface area contributed by atoms with Gasteiger partial charge in [0.15, 0.2) is 0 Å². The number of likely N-dealkylation sites (tertiary alicyclic amines) is 1. The molecule has 1 aromatic rings. The van der Waals surface area contributed by atoms with Gasteiger partial charge in [0.2, 0.25) is 11.8 Å². The lowest BCUT2D eigenvalue weighted by Crippen LogP contribution is -2.57. The second kappa shape index (κ2) is 9.45. The van der Waals surface area contributed by atoms with Gasteiger partial charge >= 0.3 is 5.97 Å². The van der Waals surface area contributed by atoms with E-state index in [1.807, 2.05) is 59.7 Å². The molecule has 3 saturated heterocycles. The summed E-state index contributed by atoms with van der Waals surface area (Å²) in [6.07, 6.45) is 1.18. The fourth-order valence-corrected chi connectivity index (χ4v) is 6.94. The molecule has 2 amide bonds. The van der Waals surface area contributed by atoms with Crippen molar-refractivity contribution in [1.29, 1.82) is 0 Å². The number of anilines is 1. The van der Waals surface area contributed by atoms with Gasteiger partial charge in [-0.3, -0.25) is 14.4 Å². The van der Waals surface area contributed by atoms with Crippen LogP contribution in [-0.2, 0) is 23.9 Å². The summed E-state index contributed by atoms with van der Waals surface area (Å²) in [4.78, 5) is 43.1. The number of hydrogen-bond acceptors (Lipinski definition) is 6. The van der Waals surface area contributed by atoms with Crippen LogP contribution in [0.4, 0.5) is 5.69 Å². The smallest absolute Gasteiger partial charge is 0.312 e. The summed E-state index contributed by atoms with van der Waals surface area (Å²) >= 11 is 0. The lowest BCUT2D eigenvalue weighted by Gasteiger charge is -2.39. The number of rotatable bonds is 8. The van der Waals surface area contributed by atoms with E-state index >= 15 is 0 Å². The fraction of sp³-hybridized carbons (Fsp3) is 0.679. The minimum atomic E-state index is -1.18. The van der Waals surface area contributed by atoms with Gasteiger partial charge in [0.05, 0.1) is 30.8 Å². The number of hydrogen-bond donors (Lipinski definition) is 2. The Morgan fingerprint density at radius 1 is 1.28 bits per heavy atom. The van der Waals surface area contributed by atoms with Crippen LogP contribution in [0.5, 0.6) is 0 Å². The van der Waals surface area contributed by atoms with Gasteiger partial charge in [0, 0.05) is 5.69 Å². The number of carbonyl (C=O) groups excluding carboxylic acids is 3. The summed E-state index contributed by atoms with van der Waals surface area (Å²) in [5, 5.41) is 13.5. The normalized spacial score (nSPS) is 34.4. The Hall–Kier alpha value is -2.45. The van der Waals surface area contributed by atoms with Crippen LogP contribution < -0.4 is 5.32 Å². The van der Waals surface area contributed by atoms with Crippen LogP contribution in [0.15, 0.2) is 18.2 Å². The van der Waals surface area contributed by atoms with Crippen LogP contribution in [-0.4, -0.2) is 64.3 Å². The molecule has 0 aliphatic carbocycles. The molecule has 198 valence electrons. The first-order chi connectivity index (χ1) is 17.0. The molecule has 0 aromatic heterocycles. The van der Waals surface area contributed by atoms with Crippen LogP contribution in [0.1, 0.15) is 58.6 Å². The second-order valence-corrected chi connectivity index (χ2v) is 11.1. The monoisotopic (exact) mass is 500 g/mol. The topological polar surface area (TPSA) is 105 Å². The number of benzene rings is 1. The number of para-hydroxylation sites is 1. The average Bonchev–Trinajstić information content (AvgIpc) is 3.34. The fourth-order valence-electron chi connectivity index (χ4n) is 6.94. The molecule has 1 spiro atoms. The number of carbonyl (C=O) groups is 3. The van der Waals surface area contributed by atoms with Gasteiger partial charge in [0.25, 0.3) is 0 Å². The maximum absolute atomic E-state index is 14.2. The van der Waals surface area contributed by atoms with Crippen LogP contribution in [0, 0.1) is 37.5 Å². The molecular weight excluding hydrogens is 460 g/mol. The van der Waals surface area contributed by atoms with E-state index in [2.05, 4.69) is 5.32 Å². The summed E-state index contributed by atoms with van der Waals surface area (Å²) in [5.74, 6) is -2.92. The van der Waals surface area contributed by atoms with E-state index in [0.717, 1.165) is 11.1 Å². The Morgan fingerprint density at radius 2 is 1.92 bits per heavy atom. The minimum Gasteiger partial charge on any atom is -0.466 e. The molecular formula is C28H40N2O6. The molecule has 3 aliphatic rings. The van der Waals surface area contributed by atoms with Gasteiger partial charge in [0.1, 0.15) is 17.6 Å². The molecule has 2 bridgehead atoms. The Morgan fingerprint density at radius 3 is 2.47 bits per heavy atom. The maximum atomic E-state index is 14.2. The molecule has 4 rings (SSSR count). The average molecular weight is 501 g/mol. The number of aliphatic hydroxyl groups excluding tert-OH is 1. The summed E-state index contributed by atoms with van der Waals surface area (Å²) in [6, 6.07) is 4.22. The van der Waals surface area contributed by atoms with Crippen molar-refractivity contribution in [3.05, 3.63) is 29.3 Å². The van der Waals surface area contributed by atoms with Gasteiger partial charge in [-0.15, -0.1) is 0 Å². The van der Waals surface area contributed by atoms with Crippen molar-refractivity contribution in [3.63, 3.8) is 0 Å². The first kappa shape index (κ1) is 26.6. The highest BCUT2D eigenvalue weighted by Gasteiger charge is 2.80. The molecule has 2 N–H and O–H groups in total. The van der Waals surface area contributed by atoms with Crippen molar-refractivity contribution in [2.24, 2.45) is 23.7 Å². The van der Waals surface area contributed by atoms with Gasteiger partial charge in [-0.05, 0) is 57.1 Å². The Kier molecular flexibility index (Phi) is 6.99. The van der Waals surface area contributed by atoms with Crippen LogP contribution in [0.25, 0.3) is 0 Å². The number of amides is 2. The molecule has 3 aliphatic heterocycles. The number of nitrogens with zero attached hydrogens (tertiary/aromatic N) is 1. The third kappa shape index (κ3) is 3.67. The second-order valence-electron chi connectivity index (χ2n) is 11.1. The molecule has 0 radical (unpaired) electrons. The zero-order valence-electron chi connectivity index (χ0n) is 22.5.